The van der Waals surface area contributed by atoms with Gasteiger partial charge in [-0.25, -0.2) is 9.59 Å². The molecule has 0 aliphatic carbocycles. The first kappa shape index (κ1) is 26.4. The van der Waals surface area contributed by atoms with E-state index in [2.05, 4.69) is 20.1 Å². The highest BCUT2D eigenvalue weighted by Crippen LogP contribution is 2.05. The number of carbonyl (C=O) groups is 4. The Morgan fingerprint density at radius 2 is 0.969 bits per heavy atom. The van der Waals surface area contributed by atoms with E-state index >= 15 is 0 Å². The second-order valence-electron chi connectivity index (χ2n) is 6.93. The zero-order valence-corrected chi connectivity index (χ0v) is 18.8. The lowest BCUT2D eigenvalue weighted by molar-refractivity contribution is -0.145. The fourth-order valence-electron chi connectivity index (χ4n) is 2.86. The second kappa shape index (κ2) is 14.3. The van der Waals surface area contributed by atoms with Crippen LogP contribution in [-0.4, -0.2) is 50.1 Å². The van der Waals surface area contributed by atoms with Gasteiger partial charge in [0, 0.05) is 26.7 Å². The average molecular weight is 443 g/mol. The van der Waals surface area contributed by atoms with Gasteiger partial charge in [-0.2, -0.15) is 0 Å². The lowest BCUT2D eigenvalue weighted by atomic mass is 10.1. The Morgan fingerprint density at radius 1 is 0.656 bits per heavy atom. The number of esters is 2. The van der Waals surface area contributed by atoms with E-state index in [1.807, 2.05) is 60.7 Å². The normalized spacial score (nSPS) is 11.6. The molecule has 0 unspecified atom stereocenters. The molecule has 0 aromatic heterocycles. The minimum atomic E-state index is -0.620. The number of rotatable bonds is 8. The van der Waals surface area contributed by atoms with Gasteiger partial charge in [0.2, 0.25) is 11.8 Å². The van der Waals surface area contributed by atoms with Crippen LogP contribution in [0.1, 0.15) is 25.0 Å². The molecular formula is C24H30N2O6. The first-order chi connectivity index (χ1) is 15.3. The number of ether oxygens (including phenoxy) is 2. The van der Waals surface area contributed by atoms with Crippen molar-refractivity contribution in [3.8, 4) is 0 Å². The molecule has 2 atom stereocenters. The molecule has 0 saturated carbocycles. The summed E-state index contributed by atoms with van der Waals surface area (Å²) in [6.45, 7) is 2.75. The fourth-order valence-corrected chi connectivity index (χ4v) is 2.86. The smallest absolute Gasteiger partial charge is 0.328 e. The lowest BCUT2D eigenvalue weighted by Gasteiger charge is -2.15. The van der Waals surface area contributed by atoms with Crippen molar-refractivity contribution in [2.45, 2.75) is 38.8 Å². The SMILES string of the molecule is COC(=O)[C@@H](Cc1ccccc1)NC(C)=O.COC(=O)[C@@H](Cc1ccccc1)NC(C)=O. The third-order valence-electron chi connectivity index (χ3n) is 4.29. The maximum atomic E-state index is 11.4. The first-order valence-electron chi connectivity index (χ1n) is 10.0. The van der Waals surface area contributed by atoms with Crippen LogP contribution < -0.4 is 10.6 Å². The predicted molar refractivity (Wildman–Crippen MR) is 120 cm³/mol. The zero-order valence-electron chi connectivity index (χ0n) is 18.8. The molecule has 0 radical (unpaired) electrons. The predicted octanol–water partition coefficient (Wildman–Crippen LogP) is 1.81. The summed E-state index contributed by atoms with van der Waals surface area (Å²) in [5, 5.41) is 5.13. The van der Waals surface area contributed by atoms with E-state index in [0.29, 0.717) is 12.8 Å². The van der Waals surface area contributed by atoms with E-state index in [-0.39, 0.29) is 11.8 Å². The van der Waals surface area contributed by atoms with E-state index in [9.17, 15) is 19.2 Å². The maximum absolute atomic E-state index is 11.4. The number of benzene rings is 2. The highest BCUT2D eigenvalue weighted by Gasteiger charge is 2.21. The summed E-state index contributed by atoms with van der Waals surface area (Å²) in [5.74, 6) is -1.35. The van der Waals surface area contributed by atoms with Crippen LogP contribution in [0.4, 0.5) is 0 Å². The molecule has 0 fully saturated rings. The molecule has 2 aromatic rings. The molecule has 0 saturated heterocycles. The van der Waals surface area contributed by atoms with Crippen LogP contribution in [0.3, 0.4) is 0 Å². The molecule has 0 aliphatic rings. The summed E-state index contributed by atoms with van der Waals surface area (Å²) < 4.78 is 9.26. The highest BCUT2D eigenvalue weighted by atomic mass is 16.5. The third kappa shape index (κ3) is 10.4. The van der Waals surface area contributed by atoms with Crippen LogP contribution >= 0.6 is 0 Å². The number of amides is 2. The van der Waals surface area contributed by atoms with Crippen LogP contribution in [0.2, 0.25) is 0 Å². The van der Waals surface area contributed by atoms with Gasteiger partial charge in [0.1, 0.15) is 12.1 Å². The first-order valence-corrected chi connectivity index (χ1v) is 10.0. The van der Waals surface area contributed by atoms with E-state index < -0.39 is 24.0 Å². The summed E-state index contributed by atoms with van der Waals surface area (Å²) >= 11 is 0. The van der Waals surface area contributed by atoms with Crippen molar-refractivity contribution < 1.29 is 28.7 Å². The van der Waals surface area contributed by atoms with E-state index in [1.54, 1.807) is 0 Å². The van der Waals surface area contributed by atoms with E-state index in [0.717, 1.165) is 11.1 Å². The number of carbonyl (C=O) groups excluding carboxylic acids is 4. The Balaban J connectivity index is 0.000000320. The maximum Gasteiger partial charge on any atom is 0.328 e. The van der Waals surface area contributed by atoms with Crippen molar-refractivity contribution in [2.24, 2.45) is 0 Å². The van der Waals surface area contributed by atoms with Crippen LogP contribution in [-0.2, 0) is 41.5 Å². The molecule has 0 spiro atoms. The zero-order chi connectivity index (χ0) is 23.9. The summed E-state index contributed by atoms with van der Waals surface area (Å²) in [6, 6.07) is 17.7. The van der Waals surface area contributed by atoms with Gasteiger partial charge in [0.15, 0.2) is 0 Å². The summed E-state index contributed by atoms with van der Waals surface area (Å²) in [5.41, 5.74) is 1.96. The molecule has 32 heavy (non-hydrogen) atoms. The topological polar surface area (TPSA) is 111 Å². The van der Waals surface area contributed by atoms with Crippen molar-refractivity contribution >= 4 is 23.8 Å². The quantitative estimate of drug-likeness (QED) is 0.604. The van der Waals surface area contributed by atoms with E-state index in [4.69, 9.17) is 0 Å². The molecule has 0 aliphatic heterocycles. The van der Waals surface area contributed by atoms with Gasteiger partial charge < -0.3 is 20.1 Å². The van der Waals surface area contributed by atoms with Gasteiger partial charge in [-0.3, -0.25) is 9.59 Å². The van der Waals surface area contributed by atoms with Gasteiger partial charge in [0.25, 0.3) is 0 Å². The second-order valence-corrected chi connectivity index (χ2v) is 6.93. The average Bonchev–Trinajstić information content (AvgIpc) is 2.78. The number of methoxy groups -OCH3 is 2. The summed E-state index contributed by atoms with van der Waals surface area (Å²) in [7, 11) is 2.62. The van der Waals surface area contributed by atoms with Crippen LogP contribution in [0.5, 0.6) is 0 Å². The molecule has 2 amide bonds. The van der Waals surface area contributed by atoms with E-state index in [1.165, 1.54) is 28.1 Å². The van der Waals surface area contributed by atoms with Crippen molar-refractivity contribution in [1.29, 1.82) is 0 Å². The molecule has 2 rings (SSSR count). The Hall–Kier alpha value is -3.68. The fraction of sp³-hybridized carbons (Fsp3) is 0.333. The summed E-state index contributed by atoms with van der Waals surface area (Å²) in [6.07, 6.45) is 0.875. The van der Waals surface area contributed by atoms with Crippen molar-refractivity contribution in [3.05, 3.63) is 71.8 Å². The largest absolute Gasteiger partial charge is 0.467 e. The van der Waals surface area contributed by atoms with Gasteiger partial charge in [-0.15, -0.1) is 0 Å². The van der Waals surface area contributed by atoms with Crippen LogP contribution in [0.25, 0.3) is 0 Å². The van der Waals surface area contributed by atoms with Gasteiger partial charge in [-0.1, -0.05) is 60.7 Å². The standard InChI is InChI=1S/2C12H15NO3/c2*1-9(14)13-11(12(15)16-2)8-10-6-4-3-5-7-10/h2*3-7,11H,8H2,1-2H3,(H,13,14)/t2*11-/m11/s1. The summed E-state index contributed by atoms with van der Waals surface area (Å²) in [4.78, 5) is 44.7. The molecule has 8 nitrogen and oxygen atoms in total. The Kier molecular flexibility index (Phi) is 11.8. The highest BCUT2D eigenvalue weighted by molar-refractivity contribution is 5.84. The van der Waals surface area contributed by atoms with Gasteiger partial charge in [-0.05, 0) is 11.1 Å². The van der Waals surface area contributed by atoms with Crippen molar-refractivity contribution in [3.63, 3.8) is 0 Å². The molecule has 2 N–H and O–H groups in total. The molecule has 172 valence electrons. The number of hydrogen-bond acceptors (Lipinski definition) is 6. The Labute approximate surface area is 188 Å². The van der Waals surface area contributed by atoms with Gasteiger partial charge >= 0.3 is 11.9 Å². The number of hydrogen-bond donors (Lipinski definition) is 2. The molecule has 0 heterocycles. The number of nitrogens with one attached hydrogen (secondary N) is 2. The van der Waals surface area contributed by atoms with Crippen LogP contribution in [0, 0.1) is 0 Å². The molecular weight excluding hydrogens is 412 g/mol. The third-order valence-corrected chi connectivity index (χ3v) is 4.29. The molecule has 0 bridgehead atoms. The van der Waals surface area contributed by atoms with Crippen molar-refractivity contribution in [2.75, 3.05) is 14.2 Å². The minimum Gasteiger partial charge on any atom is -0.467 e. The Bertz CT molecular complexity index is 797. The van der Waals surface area contributed by atoms with Gasteiger partial charge in [0.05, 0.1) is 14.2 Å². The lowest BCUT2D eigenvalue weighted by Crippen LogP contribution is -2.41. The monoisotopic (exact) mass is 442 g/mol. The molecule has 2 aromatic carbocycles. The van der Waals surface area contributed by atoms with Crippen molar-refractivity contribution in [1.82, 2.24) is 10.6 Å². The Morgan fingerprint density at radius 3 is 1.22 bits per heavy atom. The molecule has 8 heteroatoms. The van der Waals surface area contributed by atoms with Crippen LogP contribution in [0.15, 0.2) is 60.7 Å². The minimum absolute atomic E-state index is 0.244.